The van der Waals surface area contributed by atoms with Gasteiger partial charge in [0.25, 0.3) is 10.1 Å². The molecule has 0 atom stereocenters. The van der Waals surface area contributed by atoms with Gasteiger partial charge in [-0.2, -0.15) is 8.42 Å². The van der Waals surface area contributed by atoms with E-state index in [4.69, 9.17) is 15.6 Å². The molecule has 1 aromatic heterocycles. The van der Waals surface area contributed by atoms with Gasteiger partial charge in [0.05, 0.1) is 24.2 Å². The first-order valence-corrected chi connectivity index (χ1v) is 11.8. The average molecular weight is 503 g/mol. The van der Waals surface area contributed by atoms with Crippen molar-refractivity contribution in [3.63, 3.8) is 0 Å². The maximum atomic E-state index is 11.9. The molecule has 11 heteroatoms. The van der Waals surface area contributed by atoms with Crippen molar-refractivity contribution in [3.05, 3.63) is 72.9 Å². The van der Waals surface area contributed by atoms with E-state index in [0.717, 1.165) is 5.56 Å². The number of para-hydroxylation sites is 1. The van der Waals surface area contributed by atoms with Gasteiger partial charge in [-0.3, -0.25) is 9.54 Å². The molecule has 0 fully saturated rings. The van der Waals surface area contributed by atoms with Crippen LogP contribution < -0.4 is 40.0 Å². The molecule has 4 N–H and O–H groups in total. The molecule has 9 nitrogen and oxygen atoms in total. The number of ether oxygens (including phenoxy) is 1. The molecule has 0 aliphatic carbocycles. The van der Waals surface area contributed by atoms with Gasteiger partial charge in [0.2, 0.25) is 0 Å². The summed E-state index contributed by atoms with van der Waals surface area (Å²) in [6, 6.07) is 18.7. The summed E-state index contributed by atoms with van der Waals surface area (Å²) in [6.45, 7) is 0.437. The first-order chi connectivity index (χ1) is 16.4. The molecule has 176 valence electrons. The Morgan fingerprint density at radius 3 is 2.40 bits per heavy atom. The zero-order chi connectivity index (χ0) is 24.1. The topological polar surface area (TPSA) is 147 Å². The van der Waals surface area contributed by atoms with E-state index in [2.05, 4.69) is 15.2 Å². The SMILES string of the molecule is Nc1c(N=Nc2ccc(-c3ccccc3OCCCO)nc2)cc(S(=O)(=O)O)c2ccccc12.[H-].[Na+]. The van der Waals surface area contributed by atoms with Crippen LogP contribution in [0.1, 0.15) is 7.85 Å². The molecule has 0 aliphatic heterocycles. The maximum Gasteiger partial charge on any atom is 1.00 e. The molecule has 0 saturated carbocycles. The molecule has 0 unspecified atom stereocenters. The monoisotopic (exact) mass is 502 g/mol. The van der Waals surface area contributed by atoms with Gasteiger partial charge >= 0.3 is 29.6 Å². The van der Waals surface area contributed by atoms with Crippen LogP contribution in [-0.2, 0) is 10.1 Å². The fraction of sp³-hybridized carbons (Fsp3) is 0.125. The molecule has 0 amide bonds. The molecule has 4 aromatic rings. The van der Waals surface area contributed by atoms with Crippen LogP contribution in [0.5, 0.6) is 5.75 Å². The number of aliphatic hydroxyl groups is 1. The minimum absolute atomic E-state index is 0. The number of hydrogen-bond acceptors (Lipinski definition) is 8. The molecule has 4 rings (SSSR count). The Labute approximate surface area is 226 Å². The number of aromatic nitrogens is 1. The standard InChI is InChI=1S/C24H22N4O5S.Na.H/c25-24-18-7-2-1-6-17(18)23(34(30,31)32)14-21(24)28-27-16-10-11-20(26-15-16)19-8-3-4-9-22(19)33-13-5-12-29;;/h1-4,6-11,14-15,29H,5,12-13,25H2,(H,30,31,32);;/q;+1;-1. The third kappa shape index (κ3) is 6.23. The Bertz CT molecular complexity index is 1470. The fourth-order valence-corrected chi connectivity index (χ4v) is 4.13. The van der Waals surface area contributed by atoms with Crippen molar-refractivity contribution < 1.29 is 53.8 Å². The predicted octanol–water partition coefficient (Wildman–Crippen LogP) is 2.02. The quantitative estimate of drug-likeness (QED) is 0.110. The summed E-state index contributed by atoms with van der Waals surface area (Å²) in [6.07, 6.45) is 2.04. The van der Waals surface area contributed by atoms with Crippen LogP contribution in [-0.4, -0.2) is 36.3 Å². The van der Waals surface area contributed by atoms with Crippen LogP contribution >= 0.6 is 0 Å². The summed E-state index contributed by atoms with van der Waals surface area (Å²) in [5.74, 6) is 0.652. The van der Waals surface area contributed by atoms with Crippen molar-refractivity contribution in [1.29, 1.82) is 0 Å². The number of pyridine rings is 1. The number of azo groups is 1. The van der Waals surface area contributed by atoms with E-state index in [1.807, 2.05) is 24.3 Å². The molecule has 0 spiro atoms. The minimum atomic E-state index is -4.50. The number of anilines is 1. The number of nitrogens with two attached hydrogens (primary N) is 1. The minimum Gasteiger partial charge on any atom is -1.00 e. The van der Waals surface area contributed by atoms with Gasteiger partial charge in [0.1, 0.15) is 22.0 Å². The Hall–Kier alpha value is -2.86. The van der Waals surface area contributed by atoms with Crippen molar-refractivity contribution in [3.8, 4) is 17.0 Å². The van der Waals surface area contributed by atoms with Crippen LogP contribution in [0, 0.1) is 0 Å². The van der Waals surface area contributed by atoms with Crippen LogP contribution in [0.25, 0.3) is 22.0 Å². The number of aliphatic hydroxyl groups excluding tert-OH is 1. The summed E-state index contributed by atoms with van der Waals surface area (Å²) in [7, 11) is -4.50. The smallest absolute Gasteiger partial charge is 1.00 e. The first kappa shape index (κ1) is 26.7. The van der Waals surface area contributed by atoms with Gasteiger partial charge in [-0.05, 0) is 30.3 Å². The second-order valence-electron chi connectivity index (χ2n) is 7.35. The Morgan fingerprint density at radius 2 is 1.71 bits per heavy atom. The van der Waals surface area contributed by atoms with E-state index in [1.54, 1.807) is 36.4 Å². The second kappa shape index (κ2) is 11.7. The molecule has 0 aliphatic rings. The summed E-state index contributed by atoms with van der Waals surface area (Å²) in [5, 5.41) is 17.9. The summed E-state index contributed by atoms with van der Waals surface area (Å²) in [4.78, 5) is 4.14. The van der Waals surface area contributed by atoms with Gasteiger partial charge in [-0.25, -0.2) is 0 Å². The van der Waals surface area contributed by atoms with Crippen LogP contribution in [0.3, 0.4) is 0 Å². The summed E-state index contributed by atoms with van der Waals surface area (Å²) < 4.78 is 39.1. The third-order valence-corrected chi connectivity index (χ3v) is 5.94. The van der Waals surface area contributed by atoms with Crippen molar-refractivity contribution in [2.75, 3.05) is 18.9 Å². The fourth-order valence-electron chi connectivity index (χ4n) is 3.41. The number of rotatable bonds is 8. The molecule has 1 heterocycles. The predicted molar refractivity (Wildman–Crippen MR) is 130 cm³/mol. The molecule has 35 heavy (non-hydrogen) atoms. The number of nitrogen functional groups attached to an aromatic ring is 1. The summed E-state index contributed by atoms with van der Waals surface area (Å²) >= 11 is 0. The Kier molecular flexibility index (Phi) is 8.95. The van der Waals surface area contributed by atoms with Crippen molar-refractivity contribution in [1.82, 2.24) is 4.98 Å². The zero-order valence-corrected chi connectivity index (χ0v) is 21.8. The van der Waals surface area contributed by atoms with E-state index in [9.17, 15) is 13.0 Å². The van der Waals surface area contributed by atoms with E-state index >= 15 is 0 Å². The number of nitrogens with zero attached hydrogens (tertiary/aromatic N) is 3. The third-order valence-electron chi connectivity index (χ3n) is 5.05. The van der Waals surface area contributed by atoms with E-state index < -0.39 is 10.1 Å². The van der Waals surface area contributed by atoms with Crippen LogP contribution in [0.2, 0.25) is 0 Å². The molecule has 0 bridgehead atoms. The van der Waals surface area contributed by atoms with E-state index in [0.29, 0.717) is 40.9 Å². The van der Waals surface area contributed by atoms with Crippen molar-refractivity contribution in [2.45, 2.75) is 11.3 Å². The van der Waals surface area contributed by atoms with Gasteiger partial charge in [0.15, 0.2) is 0 Å². The second-order valence-corrected chi connectivity index (χ2v) is 8.74. The van der Waals surface area contributed by atoms with Crippen molar-refractivity contribution >= 4 is 38.0 Å². The average Bonchev–Trinajstić information content (AvgIpc) is 2.84. The van der Waals surface area contributed by atoms with Gasteiger partial charge in [0, 0.05) is 29.4 Å². The first-order valence-electron chi connectivity index (χ1n) is 10.4. The molecule has 3 aromatic carbocycles. The van der Waals surface area contributed by atoms with Gasteiger partial charge in [-0.15, -0.1) is 10.2 Å². The normalized spacial score (nSPS) is 11.5. The Balaban J connectivity index is 0.00000228. The number of fused-ring (bicyclic) bond motifs is 1. The van der Waals surface area contributed by atoms with E-state index in [-0.39, 0.29) is 53.9 Å². The van der Waals surface area contributed by atoms with Crippen LogP contribution in [0.15, 0.2) is 88.1 Å². The number of hydrogen-bond donors (Lipinski definition) is 3. The Morgan fingerprint density at radius 1 is 1.00 bits per heavy atom. The van der Waals surface area contributed by atoms with Gasteiger partial charge in [-0.1, -0.05) is 36.4 Å². The van der Waals surface area contributed by atoms with Crippen molar-refractivity contribution in [2.24, 2.45) is 10.2 Å². The van der Waals surface area contributed by atoms with Crippen LogP contribution in [0.4, 0.5) is 17.1 Å². The van der Waals surface area contributed by atoms with E-state index in [1.165, 1.54) is 12.3 Å². The summed E-state index contributed by atoms with van der Waals surface area (Å²) in [5.41, 5.74) is 8.41. The largest absolute Gasteiger partial charge is 1.00 e. The maximum absolute atomic E-state index is 11.9. The molecule has 0 saturated heterocycles. The van der Waals surface area contributed by atoms with Gasteiger partial charge < -0.3 is 17.0 Å². The zero-order valence-electron chi connectivity index (χ0n) is 20.0. The molecular weight excluding hydrogens is 479 g/mol. The molecular formula is C24H23N4NaO5S. The molecule has 0 radical (unpaired) electrons. The number of benzene rings is 3.